The van der Waals surface area contributed by atoms with Gasteiger partial charge in [0.2, 0.25) is 0 Å². The van der Waals surface area contributed by atoms with Crippen LogP contribution in [-0.2, 0) is 4.74 Å². The van der Waals surface area contributed by atoms with Crippen molar-refractivity contribution in [2.45, 2.75) is 57.0 Å². The molecule has 1 unspecified atom stereocenters. The Morgan fingerprint density at radius 1 is 1.29 bits per heavy atom. The van der Waals surface area contributed by atoms with Crippen molar-refractivity contribution in [2.24, 2.45) is 0 Å². The molecule has 0 radical (unpaired) electrons. The maximum absolute atomic E-state index is 12.5. The molecule has 1 fully saturated rings. The van der Waals surface area contributed by atoms with Gasteiger partial charge in [-0.15, -0.1) is 0 Å². The lowest BCUT2D eigenvalue weighted by Crippen LogP contribution is -2.48. The molecule has 0 aromatic heterocycles. The fourth-order valence-corrected chi connectivity index (χ4v) is 1.40. The molecule has 1 rings (SSSR count). The van der Waals surface area contributed by atoms with E-state index in [1.807, 2.05) is 20.8 Å². The Kier molecular flexibility index (Phi) is 4.11. The summed E-state index contributed by atoms with van der Waals surface area (Å²) >= 11 is 0. The smallest absolute Gasteiger partial charge is 0.389 e. The van der Waals surface area contributed by atoms with Gasteiger partial charge in [0.15, 0.2) is 0 Å². The number of halogens is 3. The molecule has 0 heterocycles. The van der Waals surface area contributed by atoms with E-state index in [9.17, 15) is 18.3 Å². The van der Waals surface area contributed by atoms with E-state index in [1.54, 1.807) is 0 Å². The van der Waals surface area contributed by atoms with Crippen LogP contribution in [0.2, 0.25) is 0 Å². The summed E-state index contributed by atoms with van der Waals surface area (Å²) in [6, 6.07) is 0. The van der Waals surface area contributed by atoms with Crippen LogP contribution in [-0.4, -0.2) is 41.7 Å². The van der Waals surface area contributed by atoms with Crippen LogP contribution < -0.4 is 5.32 Å². The number of hydrogen-bond donors (Lipinski definition) is 2. The summed E-state index contributed by atoms with van der Waals surface area (Å²) in [7, 11) is 0. The van der Waals surface area contributed by atoms with Gasteiger partial charge in [0.1, 0.15) is 5.54 Å². The van der Waals surface area contributed by atoms with Crippen LogP contribution in [0.5, 0.6) is 0 Å². The zero-order valence-corrected chi connectivity index (χ0v) is 10.4. The first-order valence-corrected chi connectivity index (χ1v) is 5.70. The summed E-state index contributed by atoms with van der Waals surface area (Å²) in [6.45, 7) is 5.40. The van der Waals surface area contributed by atoms with Gasteiger partial charge in [-0.2, -0.15) is 13.2 Å². The summed E-state index contributed by atoms with van der Waals surface area (Å²) in [4.78, 5) is 0. The van der Waals surface area contributed by atoms with Crippen LogP contribution >= 0.6 is 0 Å². The highest BCUT2D eigenvalue weighted by atomic mass is 19.4. The first-order valence-electron chi connectivity index (χ1n) is 5.70. The van der Waals surface area contributed by atoms with Crippen molar-refractivity contribution in [3.63, 3.8) is 0 Å². The molecule has 17 heavy (non-hydrogen) atoms. The highest BCUT2D eigenvalue weighted by Crippen LogP contribution is 2.48. The van der Waals surface area contributed by atoms with E-state index < -0.39 is 23.4 Å². The standard InChI is InChI=1S/C11H20F3NO2/c1-9(2,3)17-7-8(16)6-15-10(4-5-10)11(12,13)14/h8,15-16H,4-7H2,1-3H3. The summed E-state index contributed by atoms with van der Waals surface area (Å²) in [5.41, 5.74) is -2.17. The van der Waals surface area contributed by atoms with Gasteiger partial charge in [0.05, 0.1) is 18.3 Å². The number of nitrogens with one attached hydrogen (secondary N) is 1. The second kappa shape index (κ2) is 4.74. The van der Waals surface area contributed by atoms with Crippen molar-refractivity contribution in [1.29, 1.82) is 0 Å². The number of aliphatic hydroxyl groups is 1. The lowest BCUT2D eigenvalue weighted by Gasteiger charge is -2.25. The number of β-amino-alcohol motifs (C(OH)–C–C–N with tert-alkyl or cyclic N) is 1. The highest BCUT2D eigenvalue weighted by molar-refractivity contribution is 5.08. The SMILES string of the molecule is CC(C)(C)OCC(O)CNC1(C(F)(F)F)CC1. The molecule has 6 heteroatoms. The van der Waals surface area contributed by atoms with Gasteiger partial charge in [0, 0.05) is 6.54 Å². The van der Waals surface area contributed by atoms with Gasteiger partial charge in [-0.25, -0.2) is 0 Å². The quantitative estimate of drug-likeness (QED) is 0.787. The highest BCUT2D eigenvalue weighted by Gasteiger charge is 2.63. The maximum atomic E-state index is 12.5. The second-order valence-electron chi connectivity index (χ2n) is 5.54. The number of ether oxygens (including phenoxy) is 1. The Morgan fingerprint density at radius 2 is 1.82 bits per heavy atom. The molecule has 102 valence electrons. The average molecular weight is 255 g/mol. The Hall–Kier alpha value is -0.330. The van der Waals surface area contributed by atoms with Crippen LogP contribution in [0, 0.1) is 0 Å². The minimum Gasteiger partial charge on any atom is -0.389 e. The van der Waals surface area contributed by atoms with Gasteiger partial charge >= 0.3 is 6.18 Å². The van der Waals surface area contributed by atoms with E-state index in [0.29, 0.717) is 0 Å². The van der Waals surface area contributed by atoms with Crippen molar-refractivity contribution in [1.82, 2.24) is 5.32 Å². The molecule has 0 amide bonds. The molecule has 3 nitrogen and oxygen atoms in total. The Balaban J connectivity index is 2.27. The van der Waals surface area contributed by atoms with E-state index in [2.05, 4.69) is 5.32 Å². The molecule has 0 aromatic carbocycles. The monoisotopic (exact) mass is 255 g/mol. The molecule has 1 atom stereocenters. The van der Waals surface area contributed by atoms with Crippen LogP contribution in [0.4, 0.5) is 13.2 Å². The zero-order chi connectivity index (χ0) is 13.3. The summed E-state index contributed by atoms with van der Waals surface area (Å²) in [5.74, 6) is 0. The van der Waals surface area contributed by atoms with E-state index in [4.69, 9.17) is 4.74 Å². The molecule has 0 bridgehead atoms. The van der Waals surface area contributed by atoms with Gasteiger partial charge in [0.25, 0.3) is 0 Å². The van der Waals surface area contributed by atoms with Crippen molar-refractivity contribution in [3.8, 4) is 0 Å². The number of hydrogen-bond acceptors (Lipinski definition) is 3. The maximum Gasteiger partial charge on any atom is 0.406 e. The molecule has 1 aliphatic carbocycles. The fourth-order valence-electron chi connectivity index (χ4n) is 1.40. The van der Waals surface area contributed by atoms with Crippen molar-refractivity contribution in [3.05, 3.63) is 0 Å². The lowest BCUT2D eigenvalue weighted by atomic mass is 10.2. The molecule has 0 aromatic rings. The predicted molar refractivity (Wildman–Crippen MR) is 57.7 cm³/mol. The number of rotatable bonds is 5. The topological polar surface area (TPSA) is 41.5 Å². The number of aliphatic hydroxyl groups excluding tert-OH is 1. The third-order valence-corrected chi connectivity index (χ3v) is 2.68. The molecule has 0 aliphatic heterocycles. The molecular formula is C11H20F3NO2. The van der Waals surface area contributed by atoms with E-state index >= 15 is 0 Å². The number of alkyl halides is 3. The van der Waals surface area contributed by atoms with Gasteiger partial charge in [-0.3, -0.25) is 0 Å². The molecular weight excluding hydrogens is 235 g/mol. The van der Waals surface area contributed by atoms with Gasteiger partial charge < -0.3 is 15.2 Å². The normalized spacial score (nSPS) is 21.4. The molecule has 1 saturated carbocycles. The fraction of sp³-hybridized carbons (Fsp3) is 1.00. The summed E-state index contributed by atoms with van der Waals surface area (Å²) in [6.07, 6.45) is -4.99. The lowest BCUT2D eigenvalue weighted by molar-refractivity contribution is -0.167. The van der Waals surface area contributed by atoms with E-state index in [0.717, 1.165) is 0 Å². The van der Waals surface area contributed by atoms with E-state index in [1.165, 1.54) is 0 Å². The predicted octanol–water partition coefficient (Wildman–Crippen LogP) is 1.85. The molecule has 0 saturated heterocycles. The minimum absolute atomic E-state index is 0.0322. The summed E-state index contributed by atoms with van der Waals surface area (Å²) < 4.78 is 42.9. The summed E-state index contributed by atoms with van der Waals surface area (Å²) in [5, 5.41) is 11.9. The largest absolute Gasteiger partial charge is 0.406 e. The third kappa shape index (κ3) is 4.44. The first-order chi connectivity index (χ1) is 7.56. The van der Waals surface area contributed by atoms with Crippen LogP contribution in [0.15, 0.2) is 0 Å². The molecule has 1 aliphatic rings. The van der Waals surface area contributed by atoms with Crippen molar-refractivity contribution < 1.29 is 23.0 Å². The minimum atomic E-state index is -4.24. The average Bonchev–Trinajstić information content (AvgIpc) is 2.90. The molecule has 0 spiro atoms. The Bertz CT molecular complexity index is 256. The van der Waals surface area contributed by atoms with Crippen LogP contribution in [0.3, 0.4) is 0 Å². The third-order valence-electron chi connectivity index (χ3n) is 2.68. The van der Waals surface area contributed by atoms with E-state index in [-0.39, 0.29) is 26.0 Å². The van der Waals surface area contributed by atoms with Gasteiger partial charge in [-0.1, -0.05) is 0 Å². The molecule has 2 N–H and O–H groups in total. The second-order valence-corrected chi connectivity index (χ2v) is 5.54. The van der Waals surface area contributed by atoms with Crippen LogP contribution in [0.25, 0.3) is 0 Å². The Morgan fingerprint density at radius 3 is 2.18 bits per heavy atom. The van der Waals surface area contributed by atoms with Gasteiger partial charge in [-0.05, 0) is 33.6 Å². The first kappa shape index (κ1) is 14.7. The zero-order valence-electron chi connectivity index (χ0n) is 10.4. The van der Waals surface area contributed by atoms with Crippen LogP contribution in [0.1, 0.15) is 33.6 Å². The Labute approximate surface area is 99.3 Å². The van der Waals surface area contributed by atoms with Crippen molar-refractivity contribution >= 4 is 0 Å². The van der Waals surface area contributed by atoms with Crippen molar-refractivity contribution in [2.75, 3.05) is 13.2 Å².